The van der Waals surface area contributed by atoms with Crippen LogP contribution in [0.15, 0.2) is 30.3 Å². The van der Waals surface area contributed by atoms with E-state index in [1.807, 2.05) is 30.3 Å². The van der Waals surface area contributed by atoms with Gasteiger partial charge in [0.25, 0.3) is 0 Å². The summed E-state index contributed by atoms with van der Waals surface area (Å²) in [5.74, 6) is 2.03. The number of benzene rings is 2. The molecule has 2 aromatic carbocycles. The molecular weight excluding hydrogens is 387 g/mol. The number of halogens is 2. The second-order valence-electron chi connectivity index (χ2n) is 6.36. The standard InChI is InChI=1S/C20H24Cl2N2O3/c1-25-18-7-4-14(19(26-2)20(18)27-3)13-23-8-10-24(11-9-23)15-5-6-16(21)17(22)12-15/h4-7,12H,8-11,13H2,1-3H3. The van der Waals surface area contributed by atoms with Crippen molar-refractivity contribution in [3.8, 4) is 17.2 Å². The Morgan fingerprint density at radius 2 is 1.52 bits per heavy atom. The van der Waals surface area contributed by atoms with Crippen LogP contribution in [0.1, 0.15) is 5.56 Å². The third kappa shape index (κ3) is 4.37. The molecule has 27 heavy (non-hydrogen) atoms. The van der Waals surface area contributed by atoms with Crippen molar-refractivity contribution in [3.63, 3.8) is 0 Å². The van der Waals surface area contributed by atoms with Crippen molar-refractivity contribution >= 4 is 28.9 Å². The van der Waals surface area contributed by atoms with Gasteiger partial charge in [-0.1, -0.05) is 29.3 Å². The minimum atomic E-state index is 0.583. The molecule has 0 saturated carbocycles. The van der Waals surface area contributed by atoms with Gasteiger partial charge in [0.1, 0.15) is 0 Å². The molecule has 0 bridgehead atoms. The summed E-state index contributed by atoms with van der Waals surface area (Å²) >= 11 is 12.2. The number of methoxy groups -OCH3 is 3. The van der Waals surface area contributed by atoms with Gasteiger partial charge in [-0.25, -0.2) is 0 Å². The molecule has 1 aliphatic heterocycles. The van der Waals surface area contributed by atoms with E-state index in [-0.39, 0.29) is 0 Å². The number of nitrogens with zero attached hydrogens (tertiary/aromatic N) is 2. The molecule has 0 aromatic heterocycles. The zero-order chi connectivity index (χ0) is 19.4. The summed E-state index contributed by atoms with van der Waals surface area (Å²) in [6, 6.07) is 9.74. The van der Waals surface area contributed by atoms with E-state index in [9.17, 15) is 0 Å². The lowest BCUT2D eigenvalue weighted by Gasteiger charge is -2.36. The van der Waals surface area contributed by atoms with Crippen LogP contribution in [-0.2, 0) is 6.54 Å². The molecular formula is C20H24Cl2N2O3. The Kier molecular flexibility index (Phi) is 6.58. The van der Waals surface area contributed by atoms with Gasteiger partial charge in [-0.2, -0.15) is 0 Å². The molecule has 0 aliphatic carbocycles. The predicted octanol–water partition coefficient (Wildman–Crippen LogP) is 4.34. The van der Waals surface area contributed by atoms with Crippen molar-refractivity contribution in [1.82, 2.24) is 4.90 Å². The number of rotatable bonds is 6. The van der Waals surface area contributed by atoms with Gasteiger partial charge in [-0.05, 0) is 24.3 Å². The van der Waals surface area contributed by atoms with Gasteiger partial charge in [0.05, 0.1) is 31.4 Å². The van der Waals surface area contributed by atoms with E-state index in [2.05, 4.69) is 9.80 Å². The molecule has 0 spiro atoms. The molecule has 5 nitrogen and oxygen atoms in total. The summed E-state index contributed by atoms with van der Waals surface area (Å²) in [6.45, 7) is 4.52. The highest BCUT2D eigenvalue weighted by Crippen LogP contribution is 2.40. The quantitative estimate of drug-likeness (QED) is 0.707. The summed E-state index contributed by atoms with van der Waals surface area (Å²) in [6.07, 6.45) is 0. The molecule has 0 atom stereocenters. The van der Waals surface area contributed by atoms with Crippen molar-refractivity contribution in [2.75, 3.05) is 52.4 Å². The van der Waals surface area contributed by atoms with Crippen LogP contribution in [0, 0.1) is 0 Å². The molecule has 7 heteroatoms. The van der Waals surface area contributed by atoms with Crippen molar-refractivity contribution in [1.29, 1.82) is 0 Å². The third-order valence-corrected chi connectivity index (χ3v) is 5.56. The summed E-state index contributed by atoms with van der Waals surface area (Å²) in [5, 5.41) is 1.17. The highest BCUT2D eigenvalue weighted by molar-refractivity contribution is 6.42. The van der Waals surface area contributed by atoms with Crippen LogP contribution in [0.2, 0.25) is 10.0 Å². The largest absolute Gasteiger partial charge is 0.493 e. The van der Waals surface area contributed by atoms with E-state index < -0.39 is 0 Å². The second kappa shape index (κ2) is 8.91. The van der Waals surface area contributed by atoms with Crippen LogP contribution in [0.4, 0.5) is 5.69 Å². The minimum absolute atomic E-state index is 0.583. The number of hydrogen-bond donors (Lipinski definition) is 0. The van der Waals surface area contributed by atoms with E-state index in [0.29, 0.717) is 21.5 Å². The van der Waals surface area contributed by atoms with Crippen molar-refractivity contribution in [2.45, 2.75) is 6.54 Å². The number of hydrogen-bond acceptors (Lipinski definition) is 5. The topological polar surface area (TPSA) is 34.2 Å². The van der Waals surface area contributed by atoms with Gasteiger partial charge in [0, 0.05) is 44.0 Å². The Morgan fingerprint density at radius 1 is 0.815 bits per heavy atom. The molecule has 1 aliphatic rings. The average Bonchev–Trinajstić information content (AvgIpc) is 2.70. The fraction of sp³-hybridized carbons (Fsp3) is 0.400. The third-order valence-electron chi connectivity index (χ3n) is 4.82. The maximum atomic E-state index is 6.15. The van der Waals surface area contributed by atoms with Crippen LogP contribution in [0.25, 0.3) is 0 Å². The number of piperazine rings is 1. The molecule has 0 unspecified atom stereocenters. The highest BCUT2D eigenvalue weighted by atomic mass is 35.5. The zero-order valence-corrected chi connectivity index (χ0v) is 17.3. The molecule has 1 heterocycles. The number of ether oxygens (including phenoxy) is 3. The first-order chi connectivity index (χ1) is 13.1. The summed E-state index contributed by atoms with van der Waals surface area (Å²) in [5.41, 5.74) is 2.19. The first-order valence-electron chi connectivity index (χ1n) is 8.77. The van der Waals surface area contributed by atoms with Gasteiger partial charge in [0.15, 0.2) is 11.5 Å². The molecule has 1 saturated heterocycles. The van der Waals surface area contributed by atoms with Gasteiger partial charge in [0.2, 0.25) is 5.75 Å². The SMILES string of the molecule is COc1ccc(CN2CCN(c3ccc(Cl)c(Cl)c3)CC2)c(OC)c1OC. The first-order valence-corrected chi connectivity index (χ1v) is 9.53. The van der Waals surface area contributed by atoms with E-state index in [1.54, 1.807) is 21.3 Å². The molecule has 0 radical (unpaired) electrons. The Bertz CT molecular complexity index is 793. The second-order valence-corrected chi connectivity index (χ2v) is 7.17. The summed E-state index contributed by atoms with van der Waals surface area (Å²) < 4.78 is 16.4. The Hall–Kier alpha value is -1.82. The fourth-order valence-corrected chi connectivity index (χ4v) is 3.67. The highest BCUT2D eigenvalue weighted by Gasteiger charge is 2.21. The van der Waals surface area contributed by atoms with E-state index in [4.69, 9.17) is 37.4 Å². The molecule has 0 N–H and O–H groups in total. The fourth-order valence-electron chi connectivity index (χ4n) is 3.37. The average molecular weight is 411 g/mol. The van der Waals surface area contributed by atoms with Crippen molar-refractivity contribution in [3.05, 3.63) is 45.9 Å². The van der Waals surface area contributed by atoms with Crippen molar-refractivity contribution in [2.24, 2.45) is 0 Å². The van der Waals surface area contributed by atoms with Crippen LogP contribution < -0.4 is 19.1 Å². The molecule has 146 valence electrons. The first kappa shape index (κ1) is 19.9. The van der Waals surface area contributed by atoms with Gasteiger partial charge in [-0.3, -0.25) is 4.90 Å². The maximum absolute atomic E-state index is 6.15. The van der Waals surface area contributed by atoms with Crippen LogP contribution >= 0.6 is 23.2 Å². The molecule has 0 amide bonds. The van der Waals surface area contributed by atoms with Crippen LogP contribution in [-0.4, -0.2) is 52.4 Å². The summed E-state index contributed by atoms with van der Waals surface area (Å²) in [4.78, 5) is 4.72. The van der Waals surface area contributed by atoms with E-state index >= 15 is 0 Å². The van der Waals surface area contributed by atoms with Gasteiger partial charge in [-0.15, -0.1) is 0 Å². The predicted molar refractivity (Wildman–Crippen MR) is 110 cm³/mol. The molecule has 2 aromatic rings. The monoisotopic (exact) mass is 410 g/mol. The van der Waals surface area contributed by atoms with Crippen LogP contribution in [0.5, 0.6) is 17.2 Å². The summed E-state index contributed by atoms with van der Waals surface area (Å²) in [7, 11) is 4.91. The van der Waals surface area contributed by atoms with Crippen molar-refractivity contribution < 1.29 is 14.2 Å². The Morgan fingerprint density at radius 3 is 2.11 bits per heavy atom. The van der Waals surface area contributed by atoms with Gasteiger partial charge < -0.3 is 19.1 Å². The van der Waals surface area contributed by atoms with E-state index in [1.165, 1.54) is 0 Å². The molecule has 1 fully saturated rings. The lowest BCUT2D eigenvalue weighted by atomic mass is 10.1. The van der Waals surface area contributed by atoms with Crippen LogP contribution in [0.3, 0.4) is 0 Å². The normalized spacial score (nSPS) is 14.9. The lowest BCUT2D eigenvalue weighted by Crippen LogP contribution is -2.46. The smallest absolute Gasteiger partial charge is 0.203 e. The Labute approximate surface area is 170 Å². The lowest BCUT2D eigenvalue weighted by molar-refractivity contribution is 0.244. The number of anilines is 1. The zero-order valence-electron chi connectivity index (χ0n) is 15.8. The van der Waals surface area contributed by atoms with Gasteiger partial charge >= 0.3 is 0 Å². The van der Waals surface area contributed by atoms with E-state index in [0.717, 1.165) is 49.7 Å². The minimum Gasteiger partial charge on any atom is -0.493 e. The molecule has 3 rings (SSSR count). The maximum Gasteiger partial charge on any atom is 0.203 e. The Balaban J connectivity index is 1.68.